The van der Waals surface area contributed by atoms with Gasteiger partial charge in [0.1, 0.15) is 0 Å². The molecule has 1 amide bonds. The summed E-state index contributed by atoms with van der Waals surface area (Å²) >= 11 is 1.38. The molecule has 4 heteroatoms. The van der Waals surface area contributed by atoms with Crippen LogP contribution < -0.4 is 5.32 Å². The minimum atomic E-state index is -0.0967. The van der Waals surface area contributed by atoms with Gasteiger partial charge in [0.2, 0.25) is 0 Å². The van der Waals surface area contributed by atoms with Crippen LogP contribution in [-0.2, 0) is 4.79 Å². The topological polar surface area (TPSA) is 41.5 Å². The molecular formula is C18H16N2OS. The Morgan fingerprint density at radius 2 is 1.68 bits per heavy atom. The molecule has 1 saturated heterocycles. The van der Waals surface area contributed by atoms with Crippen molar-refractivity contribution >= 4 is 34.6 Å². The van der Waals surface area contributed by atoms with Crippen molar-refractivity contribution in [2.24, 2.45) is 4.99 Å². The summed E-state index contributed by atoms with van der Waals surface area (Å²) in [5, 5.41) is 3.45. The molecule has 0 unspecified atom stereocenters. The predicted molar refractivity (Wildman–Crippen MR) is 93.2 cm³/mol. The number of thioether (sulfide) groups is 1. The van der Waals surface area contributed by atoms with Crippen molar-refractivity contribution in [2.45, 2.75) is 13.8 Å². The van der Waals surface area contributed by atoms with Gasteiger partial charge in [0.15, 0.2) is 5.17 Å². The molecular weight excluding hydrogens is 292 g/mol. The second-order valence-corrected chi connectivity index (χ2v) is 6.16. The van der Waals surface area contributed by atoms with Gasteiger partial charge in [0, 0.05) is 0 Å². The molecule has 22 heavy (non-hydrogen) atoms. The van der Waals surface area contributed by atoms with Gasteiger partial charge in [0.25, 0.3) is 5.91 Å². The van der Waals surface area contributed by atoms with Gasteiger partial charge in [-0.2, -0.15) is 0 Å². The molecule has 0 radical (unpaired) electrons. The molecule has 1 aliphatic rings. The standard InChI is InChI=1S/C18H16N2OS/c1-12-7-3-5-9-14(12)11-16-17(21)20-18(22-16)19-15-10-6-4-8-13(15)2/h3-11H,1-2H3,(H,19,20,21)/b16-11-. The SMILES string of the molecule is Cc1ccccc1/C=C1\SC(=Nc2ccccc2C)NC1=O. The van der Waals surface area contributed by atoms with E-state index in [0.29, 0.717) is 10.1 Å². The second-order valence-electron chi connectivity index (χ2n) is 5.12. The maximum atomic E-state index is 12.1. The number of aliphatic imine (C=N–C) groups is 1. The fourth-order valence-electron chi connectivity index (χ4n) is 2.17. The molecule has 0 bridgehead atoms. The van der Waals surface area contributed by atoms with Crippen LogP contribution in [0.5, 0.6) is 0 Å². The summed E-state index contributed by atoms with van der Waals surface area (Å²) in [5.41, 5.74) is 4.16. The quantitative estimate of drug-likeness (QED) is 0.845. The third kappa shape index (κ3) is 3.12. The minimum absolute atomic E-state index is 0.0967. The highest BCUT2D eigenvalue weighted by Crippen LogP contribution is 2.29. The molecule has 1 N–H and O–H groups in total. The number of nitrogens with one attached hydrogen (secondary N) is 1. The van der Waals surface area contributed by atoms with Crippen LogP contribution in [0.25, 0.3) is 6.08 Å². The van der Waals surface area contributed by atoms with Crippen molar-refractivity contribution in [1.29, 1.82) is 0 Å². The Labute approximate surface area is 134 Å². The molecule has 1 aliphatic heterocycles. The molecule has 1 heterocycles. The zero-order chi connectivity index (χ0) is 15.5. The Morgan fingerprint density at radius 3 is 2.41 bits per heavy atom. The van der Waals surface area contributed by atoms with Crippen LogP contribution in [0, 0.1) is 13.8 Å². The number of benzene rings is 2. The van der Waals surface area contributed by atoms with Crippen molar-refractivity contribution < 1.29 is 4.79 Å². The summed E-state index contributed by atoms with van der Waals surface area (Å²) in [6.45, 7) is 4.04. The number of nitrogens with zero attached hydrogens (tertiary/aromatic N) is 1. The van der Waals surface area contributed by atoms with Crippen molar-refractivity contribution in [1.82, 2.24) is 5.32 Å². The van der Waals surface area contributed by atoms with Gasteiger partial charge < -0.3 is 5.32 Å². The van der Waals surface area contributed by atoms with Crippen LogP contribution in [0.15, 0.2) is 58.4 Å². The normalized spacial score (nSPS) is 18.0. The number of hydrogen-bond acceptors (Lipinski definition) is 3. The zero-order valence-electron chi connectivity index (χ0n) is 12.5. The fraction of sp³-hybridized carbons (Fsp3) is 0.111. The molecule has 0 atom stereocenters. The van der Waals surface area contributed by atoms with E-state index >= 15 is 0 Å². The number of hydrogen-bond donors (Lipinski definition) is 1. The average Bonchev–Trinajstić information content (AvgIpc) is 2.84. The molecule has 3 nitrogen and oxygen atoms in total. The Morgan fingerprint density at radius 1 is 1.00 bits per heavy atom. The Balaban J connectivity index is 1.88. The molecule has 2 aromatic rings. The largest absolute Gasteiger partial charge is 0.300 e. The first-order valence-corrected chi connectivity index (χ1v) is 7.86. The highest BCUT2D eigenvalue weighted by Gasteiger charge is 2.24. The van der Waals surface area contributed by atoms with E-state index in [0.717, 1.165) is 22.4 Å². The van der Waals surface area contributed by atoms with E-state index in [1.807, 2.05) is 68.5 Å². The minimum Gasteiger partial charge on any atom is -0.300 e. The molecule has 3 rings (SSSR count). The van der Waals surface area contributed by atoms with E-state index in [-0.39, 0.29) is 5.91 Å². The van der Waals surface area contributed by atoms with Crippen LogP contribution in [-0.4, -0.2) is 11.1 Å². The molecule has 0 aromatic heterocycles. The van der Waals surface area contributed by atoms with E-state index in [2.05, 4.69) is 10.3 Å². The number of rotatable bonds is 2. The maximum absolute atomic E-state index is 12.1. The zero-order valence-corrected chi connectivity index (χ0v) is 13.3. The van der Waals surface area contributed by atoms with Gasteiger partial charge in [-0.05, 0) is 54.4 Å². The van der Waals surface area contributed by atoms with Gasteiger partial charge in [-0.25, -0.2) is 4.99 Å². The van der Waals surface area contributed by atoms with Gasteiger partial charge in [-0.1, -0.05) is 42.5 Å². The van der Waals surface area contributed by atoms with E-state index in [1.54, 1.807) is 0 Å². The van der Waals surface area contributed by atoms with Gasteiger partial charge in [-0.15, -0.1) is 0 Å². The summed E-state index contributed by atoms with van der Waals surface area (Å²) in [6, 6.07) is 15.9. The number of aryl methyl sites for hydroxylation is 2. The van der Waals surface area contributed by atoms with Gasteiger partial charge >= 0.3 is 0 Å². The van der Waals surface area contributed by atoms with Crippen molar-refractivity contribution in [3.05, 3.63) is 70.1 Å². The number of amidine groups is 1. The first-order chi connectivity index (χ1) is 10.6. The first-order valence-electron chi connectivity index (χ1n) is 7.04. The Hall–Kier alpha value is -2.33. The van der Waals surface area contributed by atoms with E-state index in [1.165, 1.54) is 11.8 Å². The summed E-state index contributed by atoms with van der Waals surface area (Å²) < 4.78 is 0. The summed E-state index contributed by atoms with van der Waals surface area (Å²) in [5.74, 6) is -0.0967. The van der Waals surface area contributed by atoms with Crippen molar-refractivity contribution in [3.8, 4) is 0 Å². The van der Waals surface area contributed by atoms with Gasteiger partial charge in [0.05, 0.1) is 10.6 Å². The van der Waals surface area contributed by atoms with Crippen molar-refractivity contribution in [2.75, 3.05) is 0 Å². The Kier molecular flexibility index (Phi) is 4.11. The highest BCUT2D eigenvalue weighted by molar-refractivity contribution is 8.18. The molecule has 1 fully saturated rings. The number of amides is 1. The lowest BCUT2D eigenvalue weighted by atomic mass is 10.1. The summed E-state index contributed by atoms with van der Waals surface area (Å²) in [4.78, 5) is 17.3. The fourth-order valence-corrected chi connectivity index (χ4v) is 2.99. The predicted octanol–water partition coefficient (Wildman–Crippen LogP) is 4.20. The second kappa shape index (κ2) is 6.20. The third-order valence-corrected chi connectivity index (χ3v) is 4.37. The Bertz CT molecular complexity index is 793. The number of carbonyl (C=O) groups excluding carboxylic acids is 1. The van der Waals surface area contributed by atoms with Crippen LogP contribution in [0.1, 0.15) is 16.7 Å². The lowest BCUT2D eigenvalue weighted by Crippen LogP contribution is -2.19. The molecule has 2 aromatic carbocycles. The number of carbonyl (C=O) groups is 1. The average molecular weight is 308 g/mol. The van der Waals surface area contributed by atoms with Crippen molar-refractivity contribution in [3.63, 3.8) is 0 Å². The lowest BCUT2D eigenvalue weighted by molar-refractivity contribution is -0.115. The maximum Gasteiger partial charge on any atom is 0.264 e. The van der Waals surface area contributed by atoms with Crippen LogP contribution >= 0.6 is 11.8 Å². The monoisotopic (exact) mass is 308 g/mol. The lowest BCUT2D eigenvalue weighted by Gasteiger charge is -2.00. The molecule has 0 saturated carbocycles. The van der Waals surface area contributed by atoms with Crippen LogP contribution in [0.3, 0.4) is 0 Å². The van der Waals surface area contributed by atoms with E-state index in [9.17, 15) is 4.79 Å². The highest BCUT2D eigenvalue weighted by atomic mass is 32.2. The van der Waals surface area contributed by atoms with E-state index in [4.69, 9.17) is 0 Å². The number of para-hydroxylation sites is 1. The smallest absolute Gasteiger partial charge is 0.264 e. The summed E-state index contributed by atoms with van der Waals surface area (Å²) in [7, 11) is 0. The first kappa shape index (κ1) is 14.6. The summed E-state index contributed by atoms with van der Waals surface area (Å²) in [6.07, 6.45) is 1.91. The third-order valence-electron chi connectivity index (χ3n) is 3.46. The van der Waals surface area contributed by atoms with E-state index < -0.39 is 0 Å². The molecule has 0 spiro atoms. The van der Waals surface area contributed by atoms with Crippen LogP contribution in [0.4, 0.5) is 5.69 Å². The molecule has 0 aliphatic carbocycles. The van der Waals surface area contributed by atoms with Gasteiger partial charge in [-0.3, -0.25) is 4.79 Å². The van der Waals surface area contributed by atoms with Crippen LogP contribution in [0.2, 0.25) is 0 Å². The molecule has 110 valence electrons.